The summed E-state index contributed by atoms with van der Waals surface area (Å²) in [6.45, 7) is 3.12. The second-order valence-corrected chi connectivity index (χ2v) is 5.98. The summed E-state index contributed by atoms with van der Waals surface area (Å²) in [5, 5.41) is 12.3. The molecule has 0 bridgehead atoms. The number of imidazole rings is 1. The number of aryl methyl sites for hydroxylation is 1. The molecule has 0 spiro atoms. The molecule has 2 atom stereocenters. The highest BCUT2D eigenvalue weighted by molar-refractivity contribution is 5.60. The van der Waals surface area contributed by atoms with Crippen LogP contribution in [0.1, 0.15) is 23.7 Å². The molecule has 1 fully saturated rings. The molecule has 1 saturated heterocycles. The minimum atomic E-state index is -0.994. The molecule has 1 aliphatic heterocycles. The Morgan fingerprint density at radius 3 is 2.96 bits per heavy atom. The minimum Gasteiger partial charge on any atom is -0.395 e. The average molecular weight is 321 g/mol. The molecule has 1 aliphatic rings. The zero-order chi connectivity index (χ0) is 16.4. The summed E-state index contributed by atoms with van der Waals surface area (Å²) >= 11 is 0. The van der Waals surface area contributed by atoms with E-state index in [2.05, 4.69) is 10.3 Å². The monoisotopic (exact) mass is 321 g/mol. The van der Waals surface area contributed by atoms with E-state index in [9.17, 15) is 13.9 Å². The van der Waals surface area contributed by atoms with E-state index in [1.165, 1.54) is 6.07 Å². The Kier molecular flexibility index (Phi) is 4.73. The van der Waals surface area contributed by atoms with Gasteiger partial charge in [-0.25, -0.2) is 13.8 Å². The van der Waals surface area contributed by atoms with Gasteiger partial charge in [-0.3, -0.25) is 0 Å². The van der Waals surface area contributed by atoms with Crippen LogP contribution in [0.25, 0.3) is 11.3 Å². The van der Waals surface area contributed by atoms with Gasteiger partial charge in [0.15, 0.2) is 0 Å². The van der Waals surface area contributed by atoms with Crippen molar-refractivity contribution in [3.05, 3.63) is 41.6 Å². The van der Waals surface area contributed by atoms with Crippen molar-refractivity contribution in [1.29, 1.82) is 0 Å². The van der Waals surface area contributed by atoms with Gasteiger partial charge in [0.2, 0.25) is 0 Å². The standard InChI is InChI=1S/C17H21F2N3O/c1-11-8-12(2-3-14(11)18)16-10-22(6-7-23)17(21-16)13-4-5-20-9-15(13)19/h2-3,8,10,13,15,20,23H,4-7,9H2,1H3/t13-,15+/m1/s1. The molecule has 0 unspecified atom stereocenters. The summed E-state index contributed by atoms with van der Waals surface area (Å²) in [6, 6.07) is 4.82. The third-order valence-electron chi connectivity index (χ3n) is 4.34. The summed E-state index contributed by atoms with van der Waals surface area (Å²) < 4.78 is 29.5. The van der Waals surface area contributed by atoms with E-state index in [0.717, 1.165) is 12.1 Å². The molecule has 0 radical (unpaired) electrons. The Balaban J connectivity index is 1.99. The van der Waals surface area contributed by atoms with Crippen LogP contribution in [0.15, 0.2) is 24.4 Å². The number of aromatic nitrogens is 2. The molecule has 1 aromatic carbocycles. The van der Waals surface area contributed by atoms with Crippen LogP contribution in [0.4, 0.5) is 8.78 Å². The first-order chi connectivity index (χ1) is 11.1. The van der Waals surface area contributed by atoms with Crippen molar-refractivity contribution in [1.82, 2.24) is 14.9 Å². The predicted octanol–water partition coefficient (Wildman–Crippen LogP) is 2.40. The van der Waals surface area contributed by atoms with Gasteiger partial charge < -0.3 is 15.0 Å². The van der Waals surface area contributed by atoms with Crippen molar-refractivity contribution in [3.63, 3.8) is 0 Å². The maximum atomic E-state index is 14.3. The van der Waals surface area contributed by atoms with E-state index >= 15 is 0 Å². The number of benzene rings is 1. The summed E-state index contributed by atoms with van der Waals surface area (Å²) in [5.41, 5.74) is 2.03. The fourth-order valence-electron chi connectivity index (χ4n) is 3.07. The topological polar surface area (TPSA) is 50.1 Å². The molecule has 2 N–H and O–H groups in total. The van der Waals surface area contributed by atoms with Gasteiger partial charge in [0.05, 0.1) is 18.2 Å². The average Bonchev–Trinajstić information content (AvgIpc) is 2.95. The highest BCUT2D eigenvalue weighted by Crippen LogP contribution is 2.30. The number of aliphatic hydroxyl groups is 1. The Morgan fingerprint density at radius 1 is 1.43 bits per heavy atom. The fourth-order valence-corrected chi connectivity index (χ4v) is 3.07. The van der Waals surface area contributed by atoms with Crippen LogP contribution in [0.2, 0.25) is 0 Å². The number of halogens is 2. The molecule has 2 heterocycles. The predicted molar refractivity (Wildman–Crippen MR) is 84.6 cm³/mol. The van der Waals surface area contributed by atoms with Crippen LogP contribution in [0, 0.1) is 12.7 Å². The summed E-state index contributed by atoms with van der Waals surface area (Å²) in [4.78, 5) is 4.61. The van der Waals surface area contributed by atoms with Crippen LogP contribution in [0.3, 0.4) is 0 Å². The van der Waals surface area contributed by atoms with Crippen LogP contribution < -0.4 is 5.32 Å². The van der Waals surface area contributed by atoms with Gasteiger partial charge in [-0.05, 0) is 43.7 Å². The first-order valence-corrected chi connectivity index (χ1v) is 7.89. The number of aliphatic hydroxyl groups excluding tert-OH is 1. The number of hydrogen-bond donors (Lipinski definition) is 2. The van der Waals surface area contributed by atoms with E-state index in [0.29, 0.717) is 36.6 Å². The number of piperidine rings is 1. The molecule has 3 rings (SSSR count). The van der Waals surface area contributed by atoms with Gasteiger partial charge in [0.1, 0.15) is 17.8 Å². The van der Waals surface area contributed by atoms with Crippen LogP contribution >= 0.6 is 0 Å². The van der Waals surface area contributed by atoms with Gasteiger partial charge in [-0.1, -0.05) is 0 Å². The molecule has 6 heteroatoms. The summed E-state index contributed by atoms with van der Waals surface area (Å²) in [5.74, 6) is 0.120. The van der Waals surface area contributed by atoms with E-state index in [-0.39, 0.29) is 18.3 Å². The zero-order valence-corrected chi connectivity index (χ0v) is 13.1. The lowest BCUT2D eigenvalue weighted by Gasteiger charge is -2.26. The lowest BCUT2D eigenvalue weighted by atomic mass is 9.95. The van der Waals surface area contributed by atoms with Crippen molar-refractivity contribution >= 4 is 0 Å². The van der Waals surface area contributed by atoms with Crippen molar-refractivity contribution in [2.75, 3.05) is 19.7 Å². The molecule has 2 aromatic rings. The molecule has 23 heavy (non-hydrogen) atoms. The van der Waals surface area contributed by atoms with Gasteiger partial charge in [-0.15, -0.1) is 0 Å². The second kappa shape index (κ2) is 6.76. The molecule has 0 saturated carbocycles. The van der Waals surface area contributed by atoms with Crippen LogP contribution in [-0.2, 0) is 6.54 Å². The van der Waals surface area contributed by atoms with Crippen molar-refractivity contribution in [2.24, 2.45) is 0 Å². The lowest BCUT2D eigenvalue weighted by molar-refractivity contribution is 0.216. The molecular formula is C17H21F2N3O. The van der Waals surface area contributed by atoms with E-state index in [1.807, 2.05) is 10.8 Å². The lowest BCUT2D eigenvalue weighted by Crippen LogP contribution is -2.37. The number of alkyl halides is 1. The number of nitrogens with one attached hydrogen (secondary N) is 1. The summed E-state index contributed by atoms with van der Waals surface area (Å²) in [7, 11) is 0. The van der Waals surface area contributed by atoms with Gasteiger partial charge >= 0.3 is 0 Å². The number of hydrogen-bond acceptors (Lipinski definition) is 3. The zero-order valence-electron chi connectivity index (χ0n) is 13.1. The van der Waals surface area contributed by atoms with Gasteiger partial charge in [0.25, 0.3) is 0 Å². The smallest absolute Gasteiger partial charge is 0.126 e. The molecule has 0 aliphatic carbocycles. The van der Waals surface area contributed by atoms with Crippen molar-refractivity contribution < 1.29 is 13.9 Å². The van der Waals surface area contributed by atoms with Crippen LogP contribution in [-0.4, -0.2) is 40.5 Å². The Labute approximate surface area is 134 Å². The van der Waals surface area contributed by atoms with E-state index in [4.69, 9.17) is 0 Å². The Bertz CT molecular complexity index is 686. The Morgan fingerprint density at radius 2 is 2.26 bits per heavy atom. The quantitative estimate of drug-likeness (QED) is 0.909. The van der Waals surface area contributed by atoms with Gasteiger partial charge in [0, 0.05) is 24.8 Å². The highest BCUT2D eigenvalue weighted by Gasteiger charge is 2.30. The molecule has 1 aromatic heterocycles. The third kappa shape index (κ3) is 3.28. The maximum Gasteiger partial charge on any atom is 0.126 e. The highest BCUT2D eigenvalue weighted by atomic mass is 19.1. The SMILES string of the molecule is Cc1cc(-c2cn(CCO)c([C@@H]3CCNC[C@@H]3F)n2)ccc1F. The van der Waals surface area contributed by atoms with Crippen molar-refractivity contribution in [2.45, 2.75) is 32.0 Å². The Hall–Kier alpha value is -1.79. The second-order valence-electron chi connectivity index (χ2n) is 5.98. The normalized spacial score (nSPS) is 21.6. The maximum absolute atomic E-state index is 14.3. The molecular weight excluding hydrogens is 300 g/mol. The largest absolute Gasteiger partial charge is 0.395 e. The molecule has 4 nitrogen and oxygen atoms in total. The van der Waals surface area contributed by atoms with Gasteiger partial charge in [-0.2, -0.15) is 0 Å². The molecule has 124 valence electrons. The first kappa shape index (κ1) is 16.1. The fraction of sp³-hybridized carbons (Fsp3) is 0.471. The number of nitrogens with zero attached hydrogens (tertiary/aromatic N) is 2. The third-order valence-corrected chi connectivity index (χ3v) is 4.34. The van der Waals surface area contributed by atoms with E-state index < -0.39 is 6.17 Å². The number of rotatable bonds is 4. The first-order valence-electron chi connectivity index (χ1n) is 7.89. The minimum absolute atomic E-state index is 0.0346. The summed E-state index contributed by atoms with van der Waals surface area (Å²) in [6.07, 6.45) is 1.49. The molecule has 0 amide bonds. The van der Waals surface area contributed by atoms with Crippen LogP contribution in [0.5, 0.6) is 0 Å². The van der Waals surface area contributed by atoms with Crippen molar-refractivity contribution in [3.8, 4) is 11.3 Å². The van der Waals surface area contributed by atoms with E-state index in [1.54, 1.807) is 19.1 Å².